The van der Waals surface area contributed by atoms with Crippen molar-refractivity contribution in [3.8, 4) is 0 Å². The van der Waals surface area contributed by atoms with Gasteiger partial charge in [-0.3, -0.25) is 19.1 Å². The van der Waals surface area contributed by atoms with Crippen LogP contribution in [0.5, 0.6) is 0 Å². The van der Waals surface area contributed by atoms with Crippen LogP contribution >= 0.6 is 0 Å². The Hall–Kier alpha value is -3.23. The van der Waals surface area contributed by atoms with Gasteiger partial charge in [0.05, 0.1) is 11.0 Å². The Morgan fingerprint density at radius 2 is 2.08 bits per heavy atom. The molecule has 0 aliphatic rings. The first-order valence-electron chi connectivity index (χ1n) is 7.72. The number of carbonyl (C=O) groups excluding carboxylic acids is 1. The van der Waals surface area contributed by atoms with Gasteiger partial charge in [0, 0.05) is 25.2 Å². The standard InChI is InChI=1S/C16H16FN5O3/c17-10-3-4-11-12(8-10)20-13(19-11)2-1-6-18-15(24)9-22-7-5-14(23)21-16(22)25/h3-5,7-8H,1-2,6,9H2,(H,18,24)(H,19,20)(H,21,23,25). The molecule has 8 nitrogen and oxygen atoms in total. The van der Waals surface area contributed by atoms with Crippen LogP contribution in [0.4, 0.5) is 4.39 Å². The second-order valence-corrected chi connectivity index (χ2v) is 5.54. The van der Waals surface area contributed by atoms with Crippen LogP contribution in [0.2, 0.25) is 0 Å². The van der Waals surface area contributed by atoms with E-state index >= 15 is 0 Å². The molecule has 0 spiro atoms. The summed E-state index contributed by atoms with van der Waals surface area (Å²) in [4.78, 5) is 43.7. The molecule has 9 heteroatoms. The Morgan fingerprint density at radius 1 is 1.24 bits per heavy atom. The van der Waals surface area contributed by atoms with Crippen molar-refractivity contribution < 1.29 is 9.18 Å². The summed E-state index contributed by atoms with van der Waals surface area (Å²) in [6.07, 6.45) is 2.50. The quantitative estimate of drug-likeness (QED) is 0.558. The highest BCUT2D eigenvalue weighted by Gasteiger charge is 2.06. The van der Waals surface area contributed by atoms with Gasteiger partial charge < -0.3 is 10.3 Å². The normalized spacial score (nSPS) is 10.9. The van der Waals surface area contributed by atoms with Gasteiger partial charge in [-0.05, 0) is 24.6 Å². The van der Waals surface area contributed by atoms with Crippen molar-refractivity contribution >= 4 is 16.9 Å². The average molecular weight is 345 g/mol. The summed E-state index contributed by atoms with van der Waals surface area (Å²) in [5, 5.41) is 2.69. The van der Waals surface area contributed by atoms with Gasteiger partial charge in [0.1, 0.15) is 18.2 Å². The van der Waals surface area contributed by atoms with Gasteiger partial charge >= 0.3 is 5.69 Å². The first-order chi connectivity index (χ1) is 12.0. The Labute approximate surface area is 140 Å². The maximum atomic E-state index is 13.1. The van der Waals surface area contributed by atoms with Gasteiger partial charge in [-0.2, -0.15) is 0 Å². The monoisotopic (exact) mass is 345 g/mol. The summed E-state index contributed by atoms with van der Waals surface area (Å²) in [5.41, 5.74) is 0.193. The van der Waals surface area contributed by atoms with Gasteiger partial charge in [0.25, 0.3) is 5.56 Å². The van der Waals surface area contributed by atoms with Crippen molar-refractivity contribution in [2.24, 2.45) is 0 Å². The molecule has 0 atom stereocenters. The summed E-state index contributed by atoms with van der Waals surface area (Å²) >= 11 is 0. The van der Waals surface area contributed by atoms with Crippen molar-refractivity contribution in [2.45, 2.75) is 19.4 Å². The van der Waals surface area contributed by atoms with Gasteiger partial charge in [0.15, 0.2) is 0 Å². The average Bonchev–Trinajstić information content (AvgIpc) is 2.96. The highest BCUT2D eigenvalue weighted by Crippen LogP contribution is 2.13. The fraction of sp³-hybridized carbons (Fsp3) is 0.250. The number of H-pyrrole nitrogens is 2. The zero-order valence-electron chi connectivity index (χ0n) is 13.2. The minimum absolute atomic E-state index is 0.167. The van der Waals surface area contributed by atoms with Crippen LogP contribution < -0.4 is 16.6 Å². The third-order valence-electron chi connectivity index (χ3n) is 3.62. The van der Waals surface area contributed by atoms with Gasteiger partial charge in [-0.25, -0.2) is 14.2 Å². The molecule has 2 heterocycles. The van der Waals surface area contributed by atoms with E-state index in [4.69, 9.17) is 0 Å². The number of aryl methyl sites for hydroxylation is 1. The Kier molecular flexibility index (Phi) is 4.73. The van der Waals surface area contributed by atoms with Crippen LogP contribution in [0.15, 0.2) is 40.1 Å². The number of nitrogens with zero attached hydrogens (tertiary/aromatic N) is 2. The highest BCUT2D eigenvalue weighted by molar-refractivity contribution is 5.76. The molecular weight excluding hydrogens is 329 g/mol. The lowest BCUT2D eigenvalue weighted by Gasteiger charge is -2.06. The summed E-state index contributed by atoms with van der Waals surface area (Å²) < 4.78 is 14.2. The van der Waals surface area contributed by atoms with Gasteiger partial charge in [-0.1, -0.05) is 0 Å². The van der Waals surface area contributed by atoms with E-state index in [-0.39, 0.29) is 18.3 Å². The highest BCUT2D eigenvalue weighted by atomic mass is 19.1. The second-order valence-electron chi connectivity index (χ2n) is 5.54. The van der Waals surface area contributed by atoms with Crippen LogP contribution in [-0.4, -0.2) is 32.0 Å². The SMILES string of the molecule is O=C(Cn1ccc(=O)[nH]c1=O)NCCCc1nc2ccc(F)cc2[nH]1. The smallest absolute Gasteiger partial charge is 0.328 e. The fourth-order valence-electron chi connectivity index (χ4n) is 2.42. The number of benzene rings is 1. The number of aromatic nitrogens is 4. The van der Waals surface area contributed by atoms with Crippen LogP contribution in [0.3, 0.4) is 0 Å². The number of imidazole rings is 1. The van der Waals surface area contributed by atoms with E-state index in [0.717, 1.165) is 4.57 Å². The zero-order chi connectivity index (χ0) is 17.8. The van der Waals surface area contributed by atoms with E-state index in [1.807, 2.05) is 0 Å². The van der Waals surface area contributed by atoms with Crippen molar-refractivity contribution in [2.75, 3.05) is 6.54 Å². The van der Waals surface area contributed by atoms with E-state index in [9.17, 15) is 18.8 Å². The lowest BCUT2D eigenvalue weighted by molar-refractivity contribution is -0.121. The largest absolute Gasteiger partial charge is 0.355 e. The molecule has 1 amide bonds. The van der Waals surface area contributed by atoms with Gasteiger partial charge in [-0.15, -0.1) is 0 Å². The number of aromatic amines is 2. The molecule has 0 saturated carbocycles. The molecule has 130 valence electrons. The number of halogens is 1. The van der Waals surface area contributed by atoms with Crippen molar-refractivity contribution in [1.29, 1.82) is 0 Å². The number of rotatable bonds is 6. The third-order valence-corrected chi connectivity index (χ3v) is 3.62. The number of amides is 1. The zero-order valence-corrected chi connectivity index (χ0v) is 13.2. The molecule has 3 aromatic rings. The molecule has 25 heavy (non-hydrogen) atoms. The molecule has 2 aromatic heterocycles. The third kappa shape index (κ3) is 4.19. The van der Waals surface area contributed by atoms with Crippen LogP contribution in [0.1, 0.15) is 12.2 Å². The molecule has 3 N–H and O–H groups in total. The topological polar surface area (TPSA) is 113 Å². The van der Waals surface area contributed by atoms with Crippen LogP contribution in [-0.2, 0) is 17.8 Å². The molecule has 0 radical (unpaired) electrons. The second kappa shape index (κ2) is 7.12. The molecule has 0 fully saturated rings. The maximum Gasteiger partial charge on any atom is 0.328 e. The summed E-state index contributed by atoms with van der Waals surface area (Å²) in [7, 11) is 0. The Balaban J connectivity index is 1.48. The van der Waals surface area contributed by atoms with Gasteiger partial charge in [0.2, 0.25) is 5.91 Å². The molecule has 0 aliphatic carbocycles. The maximum absolute atomic E-state index is 13.1. The number of nitrogens with one attached hydrogen (secondary N) is 3. The Bertz CT molecular complexity index is 1020. The predicted octanol–water partition coefficient (Wildman–Crippen LogP) is 0.301. The predicted molar refractivity (Wildman–Crippen MR) is 88.7 cm³/mol. The van der Waals surface area contributed by atoms with E-state index < -0.39 is 11.2 Å². The molecule has 1 aromatic carbocycles. The van der Waals surface area contributed by atoms with Crippen LogP contribution in [0.25, 0.3) is 11.0 Å². The van der Waals surface area contributed by atoms with Crippen molar-refractivity contribution in [3.63, 3.8) is 0 Å². The number of fused-ring (bicyclic) bond motifs is 1. The number of hydrogen-bond acceptors (Lipinski definition) is 4. The molecule has 0 bridgehead atoms. The van der Waals surface area contributed by atoms with E-state index in [2.05, 4.69) is 20.3 Å². The lowest BCUT2D eigenvalue weighted by Crippen LogP contribution is -2.35. The molecule has 3 rings (SSSR count). The molecular formula is C16H16FN5O3. The summed E-state index contributed by atoms with van der Waals surface area (Å²) in [5.74, 6) is 0.0555. The first kappa shape index (κ1) is 16.6. The number of hydrogen-bond donors (Lipinski definition) is 3. The lowest BCUT2D eigenvalue weighted by atomic mass is 10.3. The first-order valence-corrected chi connectivity index (χ1v) is 7.72. The summed E-state index contributed by atoms with van der Waals surface area (Å²) in [6.45, 7) is 0.238. The minimum atomic E-state index is -0.628. The molecule has 0 saturated heterocycles. The summed E-state index contributed by atoms with van der Waals surface area (Å²) in [6, 6.07) is 5.52. The minimum Gasteiger partial charge on any atom is -0.355 e. The van der Waals surface area contributed by atoms with E-state index in [1.165, 1.54) is 24.4 Å². The van der Waals surface area contributed by atoms with Crippen LogP contribution in [0, 0.1) is 5.82 Å². The fourth-order valence-corrected chi connectivity index (χ4v) is 2.42. The van der Waals surface area contributed by atoms with Crippen molar-refractivity contribution in [1.82, 2.24) is 24.8 Å². The number of carbonyl (C=O) groups is 1. The van der Waals surface area contributed by atoms with E-state index in [0.29, 0.717) is 36.2 Å². The molecule has 0 unspecified atom stereocenters. The van der Waals surface area contributed by atoms with Crippen molar-refractivity contribution in [3.05, 3.63) is 62.9 Å². The molecule has 0 aliphatic heterocycles. The Morgan fingerprint density at radius 3 is 2.88 bits per heavy atom. The van der Waals surface area contributed by atoms with E-state index in [1.54, 1.807) is 6.07 Å².